The SMILES string of the molecule is C=CC(=O)N1CCN(C(=O)CCc2cncc(C(F)(F)F)c2)[C@@H](C)C1. The number of halogens is 3. The van der Waals surface area contributed by atoms with E-state index in [0.717, 1.165) is 12.3 Å². The zero-order valence-electron chi connectivity index (χ0n) is 13.9. The molecule has 0 radical (unpaired) electrons. The van der Waals surface area contributed by atoms with Crippen molar-refractivity contribution in [2.45, 2.75) is 32.0 Å². The van der Waals surface area contributed by atoms with E-state index in [4.69, 9.17) is 0 Å². The summed E-state index contributed by atoms with van der Waals surface area (Å²) in [4.78, 5) is 30.9. The predicted octanol–water partition coefficient (Wildman–Crippen LogP) is 2.28. The number of amides is 2. The zero-order valence-corrected chi connectivity index (χ0v) is 13.9. The van der Waals surface area contributed by atoms with Crippen LogP contribution in [0.1, 0.15) is 24.5 Å². The van der Waals surface area contributed by atoms with Crippen LogP contribution in [0.2, 0.25) is 0 Å². The summed E-state index contributed by atoms with van der Waals surface area (Å²) in [5, 5.41) is 0. The zero-order chi connectivity index (χ0) is 18.6. The Morgan fingerprint density at radius 3 is 2.68 bits per heavy atom. The summed E-state index contributed by atoms with van der Waals surface area (Å²) < 4.78 is 38.1. The van der Waals surface area contributed by atoms with Gasteiger partial charge < -0.3 is 9.80 Å². The Hall–Kier alpha value is -2.38. The lowest BCUT2D eigenvalue weighted by Crippen LogP contribution is -2.55. The number of aryl methyl sites for hydroxylation is 1. The molecule has 136 valence electrons. The van der Waals surface area contributed by atoms with Crippen molar-refractivity contribution in [1.82, 2.24) is 14.8 Å². The first-order valence-electron chi connectivity index (χ1n) is 7.94. The molecule has 1 saturated heterocycles. The van der Waals surface area contributed by atoms with Crippen LogP contribution < -0.4 is 0 Å². The molecule has 1 atom stereocenters. The summed E-state index contributed by atoms with van der Waals surface area (Å²) in [6, 6.07) is 0.870. The van der Waals surface area contributed by atoms with Gasteiger partial charge in [0.05, 0.1) is 5.56 Å². The number of aromatic nitrogens is 1. The summed E-state index contributed by atoms with van der Waals surface area (Å²) in [6.07, 6.45) is -0.812. The van der Waals surface area contributed by atoms with E-state index in [1.54, 1.807) is 9.80 Å². The average Bonchev–Trinajstić information content (AvgIpc) is 2.58. The van der Waals surface area contributed by atoms with Gasteiger partial charge >= 0.3 is 6.18 Å². The van der Waals surface area contributed by atoms with Crippen molar-refractivity contribution in [2.75, 3.05) is 19.6 Å². The lowest BCUT2D eigenvalue weighted by Gasteiger charge is -2.39. The largest absolute Gasteiger partial charge is 0.417 e. The lowest BCUT2D eigenvalue weighted by molar-refractivity contribution is -0.140. The smallest absolute Gasteiger partial charge is 0.336 e. The first kappa shape index (κ1) is 19.0. The number of piperazine rings is 1. The third-order valence-corrected chi connectivity index (χ3v) is 4.18. The van der Waals surface area contributed by atoms with Crippen LogP contribution in [0.3, 0.4) is 0 Å². The van der Waals surface area contributed by atoms with E-state index in [1.165, 1.54) is 12.3 Å². The van der Waals surface area contributed by atoms with E-state index in [-0.39, 0.29) is 30.7 Å². The average molecular weight is 355 g/mol. The molecule has 0 aromatic carbocycles. The maximum atomic E-state index is 12.7. The molecule has 0 aliphatic carbocycles. The van der Waals surface area contributed by atoms with Gasteiger partial charge in [-0.25, -0.2) is 0 Å². The van der Waals surface area contributed by atoms with Crippen molar-refractivity contribution in [1.29, 1.82) is 0 Å². The van der Waals surface area contributed by atoms with Crippen LogP contribution >= 0.6 is 0 Å². The minimum Gasteiger partial charge on any atom is -0.336 e. The van der Waals surface area contributed by atoms with Gasteiger partial charge in [-0.3, -0.25) is 14.6 Å². The van der Waals surface area contributed by atoms with E-state index in [2.05, 4.69) is 11.6 Å². The Morgan fingerprint density at radius 2 is 2.08 bits per heavy atom. The second-order valence-corrected chi connectivity index (χ2v) is 6.00. The molecule has 0 N–H and O–H groups in total. The minimum atomic E-state index is -4.45. The first-order chi connectivity index (χ1) is 11.7. The monoisotopic (exact) mass is 355 g/mol. The standard InChI is InChI=1S/C17H20F3N3O2/c1-3-15(24)22-6-7-23(12(2)11-22)16(25)5-4-13-8-14(10-21-9-13)17(18,19)20/h3,8-10,12H,1,4-7,11H2,2H3/t12-/m0/s1. The molecule has 0 bridgehead atoms. The second-order valence-electron chi connectivity index (χ2n) is 6.00. The molecule has 0 unspecified atom stereocenters. The summed E-state index contributed by atoms with van der Waals surface area (Å²) in [5.41, 5.74) is -0.446. The van der Waals surface area contributed by atoms with E-state index in [0.29, 0.717) is 25.2 Å². The highest BCUT2D eigenvalue weighted by Crippen LogP contribution is 2.29. The van der Waals surface area contributed by atoms with Gasteiger partial charge in [0.25, 0.3) is 0 Å². The molecule has 0 saturated carbocycles. The molecule has 2 heterocycles. The van der Waals surface area contributed by atoms with Crippen molar-refractivity contribution < 1.29 is 22.8 Å². The van der Waals surface area contributed by atoms with Gasteiger partial charge in [-0.2, -0.15) is 13.2 Å². The van der Waals surface area contributed by atoms with E-state index < -0.39 is 11.7 Å². The summed E-state index contributed by atoms with van der Waals surface area (Å²) in [6.45, 7) is 6.53. The lowest BCUT2D eigenvalue weighted by atomic mass is 10.1. The number of nitrogens with zero attached hydrogens (tertiary/aromatic N) is 3. The molecule has 1 aliphatic heterocycles. The van der Waals surface area contributed by atoms with Crippen LogP contribution in [0, 0.1) is 0 Å². The third kappa shape index (κ3) is 4.80. The molecular formula is C17H20F3N3O2. The molecule has 1 aromatic heterocycles. The minimum absolute atomic E-state index is 0.0999. The first-order valence-corrected chi connectivity index (χ1v) is 7.94. The van der Waals surface area contributed by atoms with Gasteiger partial charge in [0.2, 0.25) is 11.8 Å². The Kier molecular flexibility index (Phi) is 5.81. The summed E-state index contributed by atoms with van der Waals surface area (Å²) in [5.74, 6) is -0.315. The Bertz CT molecular complexity index is 661. The maximum Gasteiger partial charge on any atom is 0.417 e. The number of pyridine rings is 1. The molecule has 1 aromatic rings. The Balaban J connectivity index is 1.93. The van der Waals surface area contributed by atoms with Crippen molar-refractivity contribution in [3.63, 3.8) is 0 Å². The molecule has 2 amide bonds. The van der Waals surface area contributed by atoms with Gasteiger partial charge in [0.15, 0.2) is 0 Å². The fourth-order valence-electron chi connectivity index (χ4n) is 2.83. The van der Waals surface area contributed by atoms with E-state index >= 15 is 0 Å². The van der Waals surface area contributed by atoms with Crippen LogP contribution in [0.15, 0.2) is 31.1 Å². The molecule has 5 nitrogen and oxygen atoms in total. The molecule has 2 rings (SSSR count). The number of alkyl halides is 3. The number of carbonyl (C=O) groups is 2. The molecule has 0 spiro atoms. The van der Waals surface area contributed by atoms with Crippen molar-refractivity contribution >= 4 is 11.8 Å². The van der Waals surface area contributed by atoms with Gasteiger partial charge in [0, 0.05) is 44.5 Å². The van der Waals surface area contributed by atoms with Gasteiger partial charge in [-0.05, 0) is 31.1 Å². The number of hydrogen-bond acceptors (Lipinski definition) is 3. The molecule has 1 fully saturated rings. The van der Waals surface area contributed by atoms with Gasteiger partial charge in [0.1, 0.15) is 0 Å². The van der Waals surface area contributed by atoms with E-state index in [9.17, 15) is 22.8 Å². The summed E-state index contributed by atoms with van der Waals surface area (Å²) in [7, 11) is 0. The van der Waals surface area contributed by atoms with Crippen LogP contribution in [0.25, 0.3) is 0 Å². The van der Waals surface area contributed by atoms with Crippen molar-refractivity contribution in [2.24, 2.45) is 0 Å². The van der Waals surface area contributed by atoms with Crippen LogP contribution in [0.5, 0.6) is 0 Å². The highest BCUT2D eigenvalue weighted by atomic mass is 19.4. The van der Waals surface area contributed by atoms with Crippen molar-refractivity contribution in [3.8, 4) is 0 Å². The predicted molar refractivity (Wildman–Crippen MR) is 85.5 cm³/mol. The van der Waals surface area contributed by atoms with Crippen molar-refractivity contribution in [3.05, 3.63) is 42.2 Å². The molecule has 1 aliphatic rings. The number of hydrogen-bond donors (Lipinski definition) is 0. The van der Waals surface area contributed by atoms with E-state index in [1.807, 2.05) is 6.92 Å². The van der Waals surface area contributed by atoms with Crippen LogP contribution in [-0.4, -0.2) is 52.3 Å². The fraction of sp³-hybridized carbons (Fsp3) is 0.471. The molecule has 25 heavy (non-hydrogen) atoms. The van der Waals surface area contributed by atoms with Gasteiger partial charge in [-0.15, -0.1) is 0 Å². The fourth-order valence-corrected chi connectivity index (χ4v) is 2.83. The second kappa shape index (κ2) is 7.67. The summed E-state index contributed by atoms with van der Waals surface area (Å²) >= 11 is 0. The number of rotatable bonds is 4. The third-order valence-electron chi connectivity index (χ3n) is 4.18. The maximum absolute atomic E-state index is 12.7. The highest BCUT2D eigenvalue weighted by molar-refractivity contribution is 5.87. The normalized spacial score (nSPS) is 18.2. The van der Waals surface area contributed by atoms with Crippen LogP contribution in [0.4, 0.5) is 13.2 Å². The topological polar surface area (TPSA) is 53.5 Å². The molecular weight excluding hydrogens is 335 g/mol. The Labute approximate surface area is 144 Å². The molecule has 8 heteroatoms. The highest BCUT2D eigenvalue weighted by Gasteiger charge is 2.31. The van der Waals surface area contributed by atoms with Crippen LogP contribution in [-0.2, 0) is 22.2 Å². The number of carbonyl (C=O) groups excluding carboxylic acids is 2. The van der Waals surface area contributed by atoms with Gasteiger partial charge in [-0.1, -0.05) is 6.58 Å². The Morgan fingerprint density at radius 1 is 1.36 bits per heavy atom. The quantitative estimate of drug-likeness (QED) is 0.779.